The summed E-state index contributed by atoms with van der Waals surface area (Å²) in [4.78, 5) is 0. The second kappa shape index (κ2) is 6.60. The Morgan fingerprint density at radius 3 is 2.60 bits per heavy atom. The second-order valence-electron chi connectivity index (χ2n) is 2.51. The van der Waals surface area contributed by atoms with Crippen molar-refractivity contribution in [2.24, 2.45) is 5.92 Å². The highest BCUT2D eigenvalue weighted by Gasteiger charge is 1.97. The van der Waals surface area contributed by atoms with E-state index in [1.807, 2.05) is 0 Å². The number of allylic oxidation sites excluding steroid dienone is 3. The molecule has 0 spiro atoms. The zero-order valence-corrected chi connectivity index (χ0v) is 7.01. The van der Waals surface area contributed by atoms with Gasteiger partial charge < -0.3 is 0 Å². The molecule has 0 fully saturated rings. The summed E-state index contributed by atoms with van der Waals surface area (Å²) in [5.41, 5.74) is 0. The van der Waals surface area contributed by atoms with Gasteiger partial charge in [0.25, 0.3) is 0 Å². The fraction of sp³-hybridized carbons (Fsp3) is 0.600. The molecule has 0 heterocycles. The summed E-state index contributed by atoms with van der Waals surface area (Å²) in [5, 5.41) is 0. The molecule has 0 nitrogen and oxygen atoms in total. The van der Waals surface area contributed by atoms with Gasteiger partial charge in [-0.15, -0.1) is 0 Å². The quantitative estimate of drug-likeness (QED) is 0.510. The van der Waals surface area contributed by atoms with Gasteiger partial charge in [0.2, 0.25) is 0 Å². The molecule has 0 saturated heterocycles. The molecule has 0 saturated carbocycles. The second-order valence-corrected chi connectivity index (χ2v) is 2.51. The van der Waals surface area contributed by atoms with Crippen molar-refractivity contribution in [2.45, 2.75) is 33.1 Å². The lowest BCUT2D eigenvalue weighted by atomic mass is 10.00. The monoisotopic (exact) mass is 137 g/mol. The van der Waals surface area contributed by atoms with Crippen molar-refractivity contribution in [3.63, 3.8) is 0 Å². The van der Waals surface area contributed by atoms with Gasteiger partial charge in [0.1, 0.15) is 0 Å². The summed E-state index contributed by atoms with van der Waals surface area (Å²) in [6, 6.07) is 0. The van der Waals surface area contributed by atoms with E-state index < -0.39 is 0 Å². The van der Waals surface area contributed by atoms with Crippen LogP contribution < -0.4 is 0 Å². The van der Waals surface area contributed by atoms with E-state index in [1.54, 1.807) is 6.08 Å². The Morgan fingerprint density at radius 2 is 2.20 bits per heavy atom. The van der Waals surface area contributed by atoms with Gasteiger partial charge in [0, 0.05) is 0 Å². The van der Waals surface area contributed by atoms with Crippen molar-refractivity contribution in [3.05, 3.63) is 24.8 Å². The molecule has 10 heavy (non-hydrogen) atoms. The summed E-state index contributed by atoms with van der Waals surface area (Å²) >= 11 is 0. The van der Waals surface area contributed by atoms with Crippen molar-refractivity contribution < 1.29 is 0 Å². The molecule has 0 aromatic heterocycles. The maximum Gasteiger partial charge on any atom is -0.0233 e. The van der Waals surface area contributed by atoms with Crippen molar-refractivity contribution in [1.29, 1.82) is 0 Å². The first-order chi connectivity index (χ1) is 4.85. The van der Waals surface area contributed by atoms with Crippen molar-refractivity contribution >= 4 is 0 Å². The van der Waals surface area contributed by atoms with Crippen LogP contribution in [0.4, 0.5) is 0 Å². The Labute approximate surface area is 64.6 Å². The van der Waals surface area contributed by atoms with Crippen LogP contribution in [0.5, 0.6) is 0 Å². The van der Waals surface area contributed by atoms with Gasteiger partial charge in [-0.25, -0.2) is 0 Å². The molecule has 1 radical (unpaired) electrons. The van der Waals surface area contributed by atoms with Crippen LogP contribution in [0, 0.1) is 12.5 Å². The smallest absolute Gasteiger partial charge is 0.0233 e. The largest absolute Gasteiger partial charge is 0.0914 e. The van der Waals surface area contributed by atoms with E-state index in [9.17, 15) is 0 Å². The Balaban J connectivity index is 3.49. The number of rotatable bonds is 5. The van der Waals surface area contributed by atoms with E-state index in [2.05, 4.69) is 26.0 Å². The van der Waals surface area contributed by atoms with E-state index in [-0.39, 0.29) is 0 Å². The maximum absolute atomic E-state index is 5.28. The third kappa shape index (κ3) is 4.37. The van der Waals surface area contributed by atoms with Crippen LogP contribution in [0.2, 0.25) is 0 Å². The van der Waals surface area contributed by atoms with Crippen molar-refractivity contribution in [1.82, 2.24) is 0 Å². The fourth-order valence-corrected chi connectivity index (χ4v) is 1.02. The van der Waals surface area contributed by atoms with Gasteiger partial charge in [-0.2, -0.15) is 0 Å². The molecule has 57 valence electrons. The minimum absolute atomic E-state index is 0.727. The number of hydrogen-bond donors (Lipinski definition) is 0. The first-order valence-electron chi connectivity index (χ1n) is 4.01. The third-order valence-corrected chi connectivity index (χ3v) is 1.69. The minimum Gasteiger partial charge on any atom is -0.0914 e. The predicted molar refractivity (Wildman–Crippen MR) is 46.7 cm³/mol. The first kappa shape index (κ1) is 9.48. The van der Waals surface area contributed by atoms with Crippen LogP contribution in [-0.2, 0) is 0 Å². The highest BCUT2D eigenvalue weighted by Crippen LogP contribution is 2.12. The van der Waals surface area contributed by atoms with Gasteiger partial charge in [-0.3, -0.25) is 0 Å². The van der Waals surface area contributed by atoms with E-state index in [4.69, 9.17) is 6.58 Å². The molecular weight excluding hydrogens is 120 g/mol. The molecule has 0 rings (SSSR count). The zero-order valence-electron chi connectivity index (χ0n) is 7.01. The maximum atomic E-state index is 5.28. The summed E-state index contributed by atoms with van der Waals surface area (Å²) in [6.07, 6.45) is 9.55. The van der Waals surface area contributed by atoms with E-state index in [0.29, 0.717) is 0 Å². The predicted octanol–water partition coefficient (Wildman–Crippen LogP) is 3.36. The molecule has 0 aromatic rings. The SMILES string of the molecule is [CH]=CCCC(C=CC)CC. The molecule has 1 atom stereocenters. The van der Waals surface area contributed by atoms with Crippen LogP contribution in [0.25, 0.3) is 0 Å². The molecule has 1 unspecified atom stereocenters. The Bertz CT molecular complexity index is 101. The van der Waals surface area contributed by atoms with Crippen molar-refractivity contribution in [3.8, 4) is 0 Å². The van der Waals surface area contributed by atoms with Crippen LogP contribution in [0.15, 0.2) is 18.2 Å². The Kier molecular flexibility index (Phi) is 6.25. The molecule has 0 amide bonds. The van der Waals surface area contributed by atoms with Gasteiger partial charge in [-0.05, 0) is 32.1 Å². The molecule has 0 N–H and O–H groups in total. The fourth-order valence-electron chi connectivity index (χ4n) is 1.02. The topological polar surface area (TPSA) is 0 Å². The summed E-state index contributed by atoms with van der Waals surface area (Å²) in [5.74, 6) is 0.727. The summed E-state index contributed by atoms with van der Waals surface area (Å²) in [7, 11) is 0. The molecular formula is C10H17. The Hall–Kier alpha value is -0.520. The zero-order chi connectivity index (χ0) is 7.82. The Morgan fingerprint density at radius 1 is 1.50 bits per heavy atom. The van der Waals surface area contributed by atoms with Crippen LogP contribution in [0.1, 0.15) is 33.1 Å². The van der Waals surface area contributed by atoms with Gasteiger partial charge in [-0.1, -0.05) is 31.7 Å². The van der Waals surface area contributed by atoms with E-state index >= 15 is 0 Å². The minimum atomic E-state index is 0.727. The molecule has 0 aliphatic heterocycles. The van der Waals surface area contributed by atoms with Gasteiger partial charge >= 0.3 is 0 Å². The van der Waals surface area contributed by atoms with E-state index in [0.717, 1.165) is 12.3 Å². The van der Waals surface area contributed by atoms with Crippen LogP contribution in [-0.4, -0.2) is 0 Å². The van der Waals surface area contributed by atoms with Crippen LogP contribution >= 0.6 is 0 Å². The highest BCUT2D eigenvalue weighted by atomic mass is 14.0. The molecule has 0 heteroatoms. The molecule has 0 aromatic carbocycles. The summed E-state index contributed by atoms with van der Waals surface area (Å²) < 4.78 is 0. The molecule has 0 aliphatic carbocycles. The lowest BCUT2D eigenvalue weighted by Gasteiger charge is -2.06. The molecule has 0 bridgehead atoms. The summed E-state index contributed by atoms with van der Waals surface area (Å²) in [6.45, 7) is 9.55. The van der Waals surface area contributed by atoms with Gasteiger partial charge in [0.05, 0.1) is 0 Å². The third-order valence-electron chi connectivity index (χ3n) is 1.69. The van der Waals surface area contributed by atoms with Crippen molar-refractivity contribution in [2.75, 3.05) is 0 Å². The first-order valence-corrected chi connectivity index (χ1v) is 4.01. The molecule has 0 aliphatic rings. The normalized spacial score (nSPS) is 13.8. The van der Waals surface area contributed by atoms with E-state index in [1.165, 1.54) is 12.8 Å². The van der Waals surface area contributed by atoms with Gasteiger partial charge in [0.15, 0.2) is 0 Å². The highest BCUT2D eigenvalue weighted by molar-refractivity contribution is 4.85. The number of hydrogen-bond acceptors (Lipinski definition) is 0. The lowest BCUT2D eigenvalue weighted by molar-refractivity contribution is 0.578. The average molecular weight is 137 g/mol. The standard InChI is InChI=1S/C10H17/c1-4-7-9-10(6-3)8-5-2/h1,4-5,8,10H,6-7,9H2,2-3H3. The average Bonchev–Trinajstić information content (AvgIpc) is 1.98. The van der Waals surface area contributed by atoms with Crippen LogP contribution in [0.3, 0.4) is 0 Å². The lowest BCUT2D eigenvalue weighted by Crippen LogP contribution is -1.92.